The van der Waals surface area contributed by atoms with E-state index in [2.05, 4.69) is 20.5 Å². The van der Waals surface area contributed by atoms with Gasteiger partial charge in [0.25, 0.3) is 5.56 Å². The van der Waals surface area contributed by atoms with Gasteiger partial charge in [0.05, 0.1) is 18.7 Å². The van der Waals surface area contributed by atoms with Gasteiger partial charge in [0.2, 0.25) is 5.88 Å². The van der Waals surface area contributed by atoms with Gasteiger partial charge >= 0.3 is 0 Å². The molecule has 0 aliphatic rings. The van der Waals surface area contributed by atoms with Gasteiger partial charge in [-0.3, -0.25) is 4.79 Å². The van der Waals surface area contributed by atoms with Gasteiger partial charge in [-0.05, 0) is 19.0 Å². The summed E-state index contributed by atoms with van der Waals surface area (Å²) in [5.74, 6) is 0.753. The molecule has 2 aromatic rings. The molecule has 4 N–H and O–H groups in total. The third kappa shape index (κ3) is 4.24. The average Bonchev–Trinajstić information content (AvgIpc) is 2.50. The van der Waals surface area contributed by atoms with Crippen LogP contribution < -0.4 is 15.6 Å². The minimum Gasteiger partial charge on any atom is -0.481 e. The second-order valence-corrected chi connectivity index (χ2v) is 5.65. The normalized spacial score (nSPS) is 11.5. The molecular weight excluding hydrogens is 307 g/mol. The number of nitrogens with one attached hydrogen (secondary N) is 2. The lowest BCUT2D eigenvalue weighted by molar-refractivity contribution is 0.399. The fourth-order valence-electron chi connectivity index (χ4n) is 1.88. The maximum atomic E-state index is 11.9. The Kier molecular flexibility index (Phi) is 5.83. The molecule has 2 rings (SSSR count). The van der Waals surface area contributed by atoms with E-state index in [-0.39, 0.29) is 5.56 Å². The summed E-state index contributed by atoms with van der Waals surface area (Å²) in [5, 5.41) is 10.1. The van der Waals surface area contributed by atoms with Crippen molar-refractivity contribution in [3.8, 4) is 5.88 Å². The highest BCUT2D eigenvalue weighted by atomic mass is 31.2. The van der Waals surface area contributed by atoms with Crippen LogP contribution in [0.1, 0.15) is 12.8 Å². The second kappa shape index (κ2) is 7.84. The number of aromatic nitrogens is 3. The van der Waals surface area contributed by atoms with Crippen molar-refractivity contribution in [2.45, 2.75) is 12.8 Å². The van der Waals surface area contributed by atoms with Gasteiger partial charge in [-0.15, -0.1) is 0 Å². The SMILES string of the molecule is COc1cc2cn[nH]c(=O)c2c(N/C=C\CCCP(O)O)n1. The monoisotopic (exact) mass is 324 g/mol. The number of anilines is 1. The van der Waals surface area contributed by atoms with Crippen LogP contribution in [0, 0.1) is 0 Å². The van der Waals surface area contributed by atoms with Crippen molar-refractivity contribution in [3.05, 3.63) is 34.9 Å². The zero-order valence-electron chi connectivity index (χ0n) is 12.0. The fraction of sp³-hybridized carbons (Fsp3) is 0.308. The van der Waals surface area contributed by atoms with Crippen molar-refractivity contribution in [2.24, 2.45) is 0 Å². The van der Waals surface area contributed by atoms with Crippen LogP contribution in [-0.4, -0.2) is 38.2 Å². The summed E-state index contributed by atoms with van der Waals surface area (Å²) in [7, 11) is -0.339. The highest BCUT2D eigenvalue weighted by Gasteiger charge is 2.09. The summed E-state index contributed by atoms with van der Waals surface area (Å²) in [5.41, 5.74) is -0.338. The number of fused-ring (bicyclic) bond motifs is 1. The number of H-pyrrole nitrogens is 1. The Morgan fingerprint density at radius 3 is 3.05 bits per heavy atom. The minimum absolute atomic E-state index is 0.338. The number of aromatic amines is 1. The Morgan fingerprint density at radius 2 is 2.32 bits per heavy atom. The lowest BCUT2D eigenvalue weighted by Crippen LogP contribution is -2.11. The molecule has 22 heavy (non-hydrogen) atoms. The lowest BCUT2D eigenvalue weighted by atomic mass is 10.2. The molecule has 8 nitrogen and oxygen atoms in total. The number of ether oxygens (including phenoxy) is 1. The van der Waals surface area contributed by atoms with Gasteiger partial charge in [-0.2, -0.15) is 10.1 Å². The van der Waals surface area contributed by atoms with E-state index in [9.17, 15) is 4.79 Å². The van der Waals surface area contributed by atoms with E-state index in [0.717, 1.165) is 0 Å². The van der Waals surface area contributed by atoms with Crippen LogP contribution in [0.15, 0.2) is 29.3 Å². The van der Waals surface area contributed by atoms with Gasteiger partial charge < -0.3 is 19.8 Å². The Bertz CT molecular complexity index is 717. The summed E-state index contributed by atoms with van der Waals surface area (Å²) < 4.78 is 5.11. The van der Waals surface area contributed by atoms with E-state index in [1.54, 1.807) is 12.3 Å². The molecule has 0 radical (unpaired) electrons. The average molecular weight is 324 g/mol. The van der Waals surface area contributed by atoms with Crippen molar-refractivity contribution < 1.29 is 14.5 Å². The Balaban J connectivity index is 2.16. The summed E-state index contributed by atoms with van der Waals surface area (Å²) in [4.78, 5) is 33.7. The van der Waals surface area contributed by atoms with Crippen molar-refractivity contribution in [2.75, 3.05) is 18.6 Å². The highest BCUT2D eigenvalue weighted by Crippen LogP contribution is 2.24. The minimum atomic E-state index is -1.84. The third-order valence-electron chi connectivity index (χ3n) is 2.90. The summed E-state index contributed by atoms with van der Waals surface area (Å²) in [6.07, 6.45) is 6.77. The molecule has 2 aromatic heterocycles. The predicted octanol–water partition coefficient (Wildman–Crippen LogP) is 1.33. The molecule has 0 aliphatic heterocycles. The van der Waals surface area contributed by atoms with Crippen molar-refractivity contribution in [3.63, 3.8) is 0 Å². The fourth-order valence-corrected chi connectivity index (χ4v) is 2.34. The number of unbranched alkanes of at least 4 members (excludes halogenated alkanes) is 1. The van der Waals surface area contributed by atoms with Gasteiger partial charge in [0.1, 0.15) is 5.82 Å². The van der Waals surface area contributed by atoms with Gasteiger partial charge in [0.15, 0.2) is 8.38 Å². The number of hydrogen-bond acceptors (Lipinski definition) is 7. The standard InChI is InChI=1S/C13H17N4O4P/c1-21-10-7-9-8-15-17-13(18)11(9)12(16-10)14-5-3-2-4-6-22(19)20/h3,5,7-8,19-20H,2,4,6H2,1H3,(H,14,16)(H,17,18)/b5-3-. The largest absolute Gasteiger partial charge is 0.481 e. The van der Waals surface area contributed by atoms with Gasteiger partial charge in [-0.1, -0.05) is 6.08 Å². The van der Waals surface area contributed by atoms with E-state index in [1.165, 1.54) is 13.3 Å². The first-order valence-electron chi connectivity index (χ1n) is 6.61. The molecule has 0 saturated carbocycles. The molecule has 0 aliphatic carbocycles. The Hall–Kier alpha value is -2.02. The number of hydrogen-bond donors (Lipinski definition) is 4. The van der Waals surface area contributed by atoms with Crippen LogP contribution in [0.4, 0.5) is 5.82 Å². The van der Waals surface area contributed by atoms with Crippen LogP contribution >= 0.6 is 8.38 Å². The second-order valence-electron chi connectivity index (χ2n) is 4.46. The first kappa shape index (κ1) is 16.4. The molecule has 0 atom stereocenters. The van der Waals surface area contributed by atoms with E-state index < -0.39 is 8.38 Å². The summed E-state index contributed by atoms with van der Waals surface area (Å²) in [6.45, 7) is 0. The van der Waals surface area contributed by atoms with E-state index in [1.807, 2.05) is 6.08 Å². The van der Waals surface area contributed by atoms with Crippen LogP contribution in [-0.2, 0) is 0 Å². The molecule has 2 heterocycles. The molecule has 0 amide bonds. The third-order valence-corrected chi connectivity index (χ3v) is 3.62. The smallest absolute Gasteiger partial charge is 0.275 e. The van der Waals surface area contributed by atoms with Crippen molar-refractivity contribution in [1.82, 2.24) is 15.2 Å². The number of allylic oxidation sites excluding steroid dienone is 1. The van der Waals surface area contributed by atoms with Crippen molar-refractivity contribution in [1.29, 1.82) is 0 Å². The Morgan fingerprint density at radius 1 is 1.50 bits per heavy atom. The maximum Gasteiger partial charge on any atom is 0.275 e. The van der Waals surface area contributed by atoms with Crippen LogP contribution in [0.25, 0.3) is 10.8 Å². The lowest BCUT2D eigenvalue weighted by Gasteiger charge is -2.07. The number of nitrogens with zero attached hydrogens (tertiary/aromatic N) is 2. The molecule has 9 heteroatoms. The molecule has 0 unspecified atom stereocenters. The van der Waals surface area contributed by atoms with Crippen LogP contribution in [0.5, 0.6) is 5.88 Å². The Labute approximate surface area is 127 Å². The topological polar surface area (TPSA) is 120 Å². The molecule has 0 spiro atoms. The summed E-state index contributed by atoms with van der Waals surface area (Å²) >= 11 is 0. The zero-order chi connectivity index (χ0) is 15.9. The van der Waals surface area contributed by atoms with Gasteiger partial charge in [-0.25, -0.2) is 5.10 Å². The maximum absolute atomic E-state index is 11.9. The van der Waals surface area contributed by atoms with Crippen LogP contribution in [0.2, 0.25) is 0 Å². The molecule has 0 fully saturated rings. The zero-order valence-corrected chi connectivity index (χ0v) is 12.9. The van der Waals surface area contributed by atoms with E-state index in [4.69, 9.17) is 14.5 Å². The number of pyridine rings is 1. The molecule has 0 saturated heterocycles. The van der Waals surface area contributed by atoms with Gasteiger partial charge in [0, 0.05) is 17.6 Å². The van der Waals surface area contributed by atoms with E-state index in [0.29, 0.717) is 41.5 Å². The highest BCUT2D eigenvalue weighted by molar-refractivity contribution is 7.45. The van der Waals surface area contributed by atoms with E-state index >= 15 is 0 Å². The number of methoxy groups -OCH3 is 1. The quantitative estimate of drug-likeness (QED) is 0.448. The van der Waals surface area contributed by atoms with Crippen LogP contribution in [0.3, 0.4) is 0 Å². The molecule has 118 valence electrons. The molecule has 0 bridgehead atoms. The first-order chi connectivity index (χ1) is 10.6. The summed E-state index contributed by atoms with van der Waals surface area (Å²) in [6, 6.07) is 1.64. The first-order valence-corrected chi connectivity index (χ1v) is 8.04. The molecular formula is C13H17N4O4P. The predicted molar refractivity (Wildman–Crippen MR) is 84.9 cm³/mol. The molecule has 0 aromatic carbocycles. The number of rotatable bonds is 7. The van der Waals surface area contributed by atoms with Crippen molar-refractivity contribution >= 4 is 25.0 Å².